The molecule has 1 amide bonds. The molecule has 0 spiro atoms. The first-order valence-electron chi connectivity index (χ1n) is 7.01. The minimum atomic E-state index is -1.07. The van der Waals surface area contributed by atoms with Gasteiger partial charge in [-0.2, -0.15) is 5.10 Å². The number of nitrogens with zero attached hydrogens (tertiary/aromatic N) is 2. The Hall–Kier alpha value is -2.14. The second-order valence-electron chi connectivity index (χ2n) is 5.45. The van der Waals surface area contributed by atoms with Crippen molar-refractivity contribution in [2.75, 3.05) is 6.54 Å². The van der Waals surface area contributed by atoms with Crippen molar-refractivity contribution in [3.05, 3.63) is 53.9 Å². The molecular weight excluding hydrogens is 266 g/mol. The number of aryl methyl sites for hydroxylation is 2. The molecule has 0 saturated carbocycles. The smallest absolute Gasteiger partial charge is 0.221 e. The maximum absolute atomic E-state index is 11.8. The lowest BCUT2D eigenvalue weighted by atomic mass is 9.96. The van der Waals surface area contributed by atoms with E-state index < -0.39 is 5.60 Å². The zero-order valence-corrected chi connectivity index (χ0v) is 12.4. The van der Waals surface area contributed by atoms with E-state index in [2.05, 4.69) is 10.4 Å². The number of benzene rings is 1. The van der Waals surface area contributed by atoms with Gasteiger partial charge in [-0.1, -0.05) is 30.3 Å². The maximum atomic E-state index is 11.8. The average Bonchev–Trinajstić information content (AvgIpc) is 2.90. The Kier molecular flexibility index (Phi) is 4.75. The number of hydrogen-bond acceptors (Lipinski definition) is 3. The third-order valence-corrected chi connectivity index (χ3v) is 3.36. The molecule has 21 heavy (non-hydrogen) atoms. The summed E-state index contributed by atoms with van der Waals surface area (Å²) in [5, 5.41) is 17.3. The first kappa shape index (κ1) is 15.3. The van der Waals surface area contributed by atoms with E-state index in [1.54, 1.807) is 17.8 Å². The molecule has 0 bridgehead atoms. The average molecular weight is 287 g/mol. The van der Waals surface area contributed by atoms with Gasteiger partial charge in [-0.25, -0.2) is 0 Å². The van der Waals surface area contributed by atoms with Gasteiger partial charge in [-0.05, 0) is 25.0 Å². The Bertz CT molecular complexity index is 591. The zero-order valence-electron chi connectivity index (χ0n) is 12.4. The lowest BCUT2D eigenvalue weighted by molar-refractivity contribution is -0.122. The molecule has 0 aliphatic carbocycles. The van der Waals surface area contributed by atoms with Crippen molar-refractivity contribution >= 4 is 5.91 Å². The van der Waals surface area contributed by atoms with Gasteiger partial charge in [0, 0.05) is 19.2 Å². The van der Waals surface area contributed by atoms with Gasteiger partial charge in [0.05, 0.1) is 12.7 Å². The Morgan fingerprint density at radius 3 is 2.71 bits per heavy atom. The largest absolute Gasteiger partial charge is 0.384 e. The third kappa shape index (κ3) is 4.43. The van der Waals surface area contributed by atoms with Crippen LogP contribution in [0.25, 0.3) is 0 Å². The monoisotopic (exact) mass is 287 g/mol. The van der Waals surface area contributed by atoms with Gasteiger partial charge in [0.2, 0.25) is 5.91 Å². The Morgan fingerprint density at radius 2 is 2.10 bits per heavy atom. The van der Waals surface area contributed by atoms with Crippen LogP contribution in [-0.2, 0) is 16.9 Å². The zero-order chi connectivity index (χ0) is 15.3. The number of aliphatic hydroxyl groups is 1. The molecule has 0 fully saturated rings. The predicted molar refractivity (Wildman–Crippen MR) is 80.6 cm³/mol. The molecule has 2 N–H and O–H groups in total. The second-order valence-corrected chi connectivity index (χ2v) is 5.45. The van der Waals surface area contributed by atoms with E-state index in [0.717, 1.165) is 11.1 Å². The number of carbonyl (C=O) groups is 1. The quantitative estimate of drug-likeness (QED) is 0.848. The van der Waals surface area contributed by atoms with Crippen LogP contribution in [0.15, 0.2) is 42.7 Å². The Balaban J connectivity index is 1.80. The summed E-state index contributed by atoms with van der Waals surface area (Å²) in [4.78, 5) is 11.8. The van der Waals surface area contributed by atoms with Gasteiger partial charge in [-0.3, -0.25) is 9.48 Å². The molecule has 2 rings (SSSR count). The van der Waals surface area contributed by atoms with Gasteiger partial charge in [0.15, 0.2) is 0 Å². The van der Waals surface area contributed by atoms with E-state index in [0.29, 0.717) is 13.0 Å². The second kappa shape index (κ2) is 6.54. The van der Waals surface area contributed by atoms with Crippen molar-refractivity contribution in [1.29, 1.82) is 0 Å². The van der Waals surface area contributed by atoms with Gasteiger partial charge < -0.3 is 10.4 Å². The highest BCUT2D eigenvalue weighted by molar-refractivity contribution is 5.75. The summed E-state index contributed by atoms with van der Waals surface area (Å²) in [5.74, 6) is -0.0978. The van der Waals surface area contributed by atoms with E-state index in [1.165, 1.54) is 0 Å². The van der Waals surface area contributed by atoms with Crippen molar-refractivity contribution in [2.45, 2.75) is 32.4 Å². The van der Waals surface area contributed by atoms with Crippen LogP contribution in [0.5, 0.6) is 0 Å². The lowest BCUT2D eigenvalue weighted by Gasteiger charge is -2.24. The number of nitrogens with one attached hydrogen (secondary N) is 1. The highest BCUT2D eigenvalue weighted by atomic mass is 16.3. The topological polar surface area (TPSA) is 67.2 Å². The van der Waals surface area contributed by atoms with Crippen LogP contribution in [0.2, 0.25) is 0 Å². The molecule has 1 heterocycles. The van der Waals surface area contributed by atoms with Crippen LogP contribution in [0, 0.1) is 6.92 Å². The molecule has 0 aliphatic heterocycles. The number of amides is 1. The van der Waals surface area contributed by atoms with E-state index in [1.807, 2.05) is 43.5 Å². The Labute approximate surface area is 124 Å². The molecule has 0 aliphatic rings. The summed E-state index contributed by atoms with van der Waals surface area (Å²) in [5.41, 5.74) is 0.787. The standard InChI is InChI=1S/C16H21N3O2/c1-13-10-18-19(11-13)9-8-15(20)17-12-16(2,21)14-6-4-3-5-7-14/h3-7,10-11,21H,8-9,12H2,1-2H3,(H,17,20). The molecule has 0 radical (unpaired) electrons. The van der Waals surface area contributed by atoms with Crippen LogP contribution < -0.4 is 5.32 Å². The minimum Gasteiger partial charge on any atom is -0.384 e. The number of carbonyl (C=O) groups excluding carboxylic acids is 1. The first-order chi connectivity index (χ1) is 9.97. The van der Waals surface area contributed by atoms with Gasteiger partial charge >= 0.3 is 0 Å². The maximum Gasteiger partial charge on any atom is 0.221 e. The fraction of sp³-hybridized carbons (Fsp3) is 0.375. The van der Waals surface area contributed by atoms with Crippen molar-refractivity contribution in [3.63, 3.8) is 0 Å². The van der Waals surface area contributed by atoms with Gasteiger partial charge in [0.1, 0.15) is 5.60 Å². The molecule has 1 aromatic heterocycles. The molecule has 112 valence electrons. The van der Waals surface area contributed by atoms with Crippen molar-refractivity contribution in [3.8, 4) is 0 Å². The van der Waals surface area contributed by atoms with Crippen LogP contribution in [-0.4, -0.2) is 27.3 Å². The van der Waals surface area contributed by atoms with Crippen molar-refractivity contribution < 1.29 is 9.90 Å². The number of rotatable bonds is 6. The summed E-state index contributed by atoms with van der Waals surface area (Å²) in [7, 11) is 0. The third-order valence-electron chi connectivity index (χ3n) is 3.36. The molecular formula is C16H21N3O2. The van der Waals surface area contributed by atoms with E-state index in [-0.39, 0.29) is 12.5 Å². The highest BCUT2D eigenvalue weighted by Gasteiger charge is 2.23. The highest BCUT2D eigenvalue weighted by Crippen LogP contribution is 2.18. The van der Waals surface area contributed by atoms with E-state index in [4.69, 9.17) is 0 Å². The normalized spacial score (nSPS) is 13.7. The van der Waals surface area contributed by atoms with Gasteiger partial charge in [-0.15, -0.1) is 0 Å². The summed E-state index contributed by atoms with van der Waals surface area (Å²) < 4.78 is 1.74. The summed E-state index contributed by atoms with van der Waals surface area (Å²) in [6.45, 7) is 4.38. The summed E-state index contributed by atoms with van der Waals surface area (Å²) >= 11 is 0. The SMILES string of the molecule is Cc1cnn(CCC(=O)NCC(C)(O)c2ccccc2)c1. The van der Waals surface area contributed by atoms with Crippen molar-refractivity contribution in [1.82, 2.24) is 15.1 Å². The molecule has 5 heteroatoms. The summed E-state index contributed by atoms with van der Waals surface area (Å²) in [6.07, 6.45) is 4.00. The minimum absolute atomic E-state index is 0.0978. The molecule has 1 unspecified atom stereocenters. The fourth-order valence-corrected chi connectivity index (χ4v) is 2.06. The van der Waals surface area contributed by atoms with Crippen LogP contribution in [0.4, 0.5) is 0 Å². The van der Waals surface area contributed by atoms with Gasteiger partial charge in [0.25, 0.3) is 0 Å². The van der Waals surface area contributed by atoms with E-state index >= 15 is 0 Å². The molecule has 5 nitrogen and oxygen atoms in total. The number of aromatic nitrogens is 2. The Morgan fingerprint density at radius 1 is 1.38 bits per heavy atom. The number of hydrogen-bond donors (Lipinski definition) is 2. The lowest BCUT2D eigenvalue weighted by Crippen LogP contribution is -2.38. The van der Waals surface area contributed by atoms with Crippen LogP contribution in [0.1, 0.15) is 24.5 Å². The van der Waals surface area contributed by atoms with E-state index in [9.17, 15) is 9.90 Å². The molecule has 1 atom stereocenters. The predicted octanol–water partition coefficient (Wildman–Crippen LogP) is 1.61. The molecule has 0 saturated heterocycles. The van der Waals surface area contributed by atoms with Crippen LogP contribution >= 0.6 is 0 Å². The molecule has 1 aromatic carbocycles. The summed E-state index contributed by atoms with van der Waals surface area (Å²) in [6, 6.07) is 9.32. The fourth-order valence-electron chi connectivity index (χ4n) is 2.06. The van der Waals surface area contributed by atoms with Crippen molar-refractivity contribution in [2.24, 2.45) is 0 Å². The first-order valence-corrected chi connectivity index (χ1v) is 7.01. The van der Waals surface area contributed by atoms with Crippen LogP contribution in [0.3, 0.4) is 0 Å². The molecule has 2 aromatic rings.